The van der Waals surface area contributed by atoms with E-state index in [1.807, 2.05) is 0 Å². The first-order chi connectivity index (χ1) is 9.40. The van der Waals surface area contributed by atoms with Crippen LogP contribution in [0.1, 0.15) is 33.6 Å². The summed E-state index contributed by atoms with van der Waals surface area (Å²) >= 11 is 1.75. The van der Waals surface area contributed by atoms with Crippen molar-refractivity contribution < 1.29 is 8.42 Å². The Morgan fingerprint density at radius 3 is 2.65 bits per heavy atom. The number of hydrogen-bond acceptors (Lipinski definition) is 5. The van der Waals surface area contributed by atoms with Crippen LogP contribution in [0.2, 0.25) is 0 Å². The second-order valence-electron chi connectivity index (χ2n) is 6.04. The smallest absolute Gasteiger partial charge is 0.166 e. The van der Waals surface area contributed by atoms with Crippen molar-refractivity contribution >= 4 is 21.6 Å². The van der Waals surface area contributed by atoms with Crippen LogP contribution in [0.5, 0.6) is 0 Å². The molecule has 0 bridgehead atoms. The van der Waals surface area contributed by atoms with E-state index in [-0.39, 0.29) is 11.1 Å². The third kappa shape index (κ3) is 5.54. The van der Waals surface area contributed by atoms with Gasteiger partial charge >= 0.3 is 0 Å². The average molecular weight is 323 g/mol. The number of hydrogen-bond donors (Lipinski definition) is 1. The van der Waals surface area contributed by atoms with E-state index in [2.05, 4.69) is 18.7 Å². The van der Waals surface area contributed by atoms with Crippen molar-refractivity contribution in [2.45, 2.75) is 39.0 Å². The van der Waals surface area contributed by atoms with Gasteiger partial charge in [0.2, 0.25) is 0 Å². The summed E-state index contributed by atoms with van der Waals surface area (Å²) in [5.41, 5.74) is 5.84. The molecule has 1 heterocycles. The molecule has 0 aromatic rings. The van der Waals surface area contributed by atoms with Crippen molar-refractivity contribution in [2.75, 3.05) is 36.9 Å². The summed E-state index contributed by atoms with van der Waals surface area (Å²) in [7, 11) is -2.97. The Morgan fingerprint density at radius 1 is 1.40 bits per heavy atom. The molecule has 0 aromatic heterocycles. The topological polar surface area (TPSA) is 63.4 Å². The van der Waals surface area contributed by atoms with E-state index in [9.17, 15) is 8.42 Å². The van der Waals surface area contributed by atoms with E-state index < -0.39 is 9.84 Å². The normalized spacial score (nSPS) is 23.1. The predicted molar refractivity (Wildman–Crippen MR) is 88.8 cm³/mol. The standard InChI is InChI=1S/C14H30N2O2S2/c1-4-20(17,18)14-11-19-8-7-16(14)6-5-13(10-15)9-12(2)3/h12-14H,4-11,15H2,1-3H3. The van der Waals surface area contributed by atoms with E-state index >= 15 is 0 Å². The highest BCUT2D eigenvalue weighted by Crippen LogP contribution is 2.23. The van der Waals surface area contributed by atoms with Crippen LogP contribution in [-0.4, -0.2) is 55.6 Å². The van der Waals surface area contributed by atoms with Crippen LogP contribution in [0, 0.1) is 11.8 Å². The van der Waals surface area contributed by atoms with Gasteiger partial charge in [0.15, 0.2) is 9.84 Å². The lowest BCUT2D eigenvalue weighted by molar-refractivity contribution is 0.239. The Bertz CT molecular complexity index is 371. The van der Waals surface area contributed by atoms with Crippen molar-refractivity contribution in [3.8, 4) is 0 Å². The fourth-order valence-electron chi connectivity index (χ4n) is 2.74. The Labute approximate surface area is 128 Å². The largest absolute Gasteiger partial charge is 0.330 e. The minimum atomic E-state index is -2.97. The Balaban J connectivity index is 2.59. The Hall–Kier alpha value is 0.220. The monoisotopic (exact) mass is 322 g/mol. The summed E-state index contributed by atoms with van der Waals surface area (Å²) in [6, 6.07) is 0. The summed E-state index contributed by atoms with van der Waals surface area (Å²) < 4.78 is 24.4. The zero-order valence-electron chi connectivity index (χ0n) is 13.0. The molecule has 1 fully saturated rings. The van der Waals surface area contributed by atoms with E-state index in [0.717, 1.165) is 31.7 Å². The van der Waals surface area contributed by atoms with E-state index in [0.29, 0.717) is 24.1 Å². The SMILES string of the molecule is CCS(=O)(=O)C1CSCCN1CCC(CN)CC(C)C. The van der Waals surface area contributed by atoms with Gasteiger partial charge in [-0.25, -0.2) is 8.42 Å². The maximum atomic E-state index is 12.2. The van der Waals surface area contributed by atoms with Gasteiger partial charge in [0, 0.05) is 23.8 Å². The maximum absolute atomic E-state index is 12.2. The first kappa shape index (κ1) is 18.3. The summed E-state index contributed by atoms with van der Waals surface area (Å²) in [5.74, 6) is 3.15. The second-order valence-corrected chi connectivity index (χ2v) is 9.63. The van der Waals surface area contributed by atoms with Gasteiger partial charge in [-0.15, -0.1) is 0 Å². The maximum Gasteiger partial charge on any atom is 0.166 e. The molecule has 1 rings (SSSR count). The van der Waals surface area contributed by atoms with Gasteiger partial charge < -0.3 is 5.73 Å². The van der Waals surface area contributed by atoms with Gasteiger partial charge in [-0.2, -0.15) is 11.8 Å². The van der Waals surface area contributed by atoms with Gasteiger partial charge in [0.05, 0.1) is 0 Å². The number of nitrogens with two attached hydrogens (primary N) is 1. The molecule has 2 unspecified atom stereocenters. The molecule has 20 heavy (non-hydrogen) atoms. The fourth-order valence-corrected chi connectivity index (χ4v) is 5.85. The molecule has 0 radical (unpaired) electrons. The highest BCUT2D eigenvalue weighted by atomic mass is 32.2. The fraction of sp³-hybridized carbons (Fsp3) is 1.00. The first-order valence-electron chi connectivity index (χ1n) is 7.64. The third-order valence-electron chi connectivity index (χ3n) is 3.97. The molecule has 0 saturated carbocycles. The van der Waals surface area contributed by atoms with E-state index in [1.165, 1.54) is 0 Å². The van der Waals surface area contributed by atoms with Crippen LogP contribution in [0.25, 0.3) is 0 Å². The van der Waals surface area contributed by atoms with Crippen molar-refractivity contribution in [3.63, 3.8) is 0 Å². The van der Waals surface area contributed by atoms with Crippen LogP contribution < -0.4 is 5.73 Å². The number of thioether (sulfide) groups is 1. The Kier molecular flexibility index (Phi) is 7.87. The van der Waals surface area contributed by atoms with Crippen LogP contribution in [0.4, 0.5) is 0 Å². The molecule has 6 heteroatoms. The first-order valence-corrected chi connectivity index (χ1v) is 10.5. The molecule has 120 valence electrons. The summed E-state index contributed by atoms with van der Waals surface area (Å²) in [6.45, 7) is 8.61. The molecular formula is C14H30N2O2S2. The molecule has 4 nitrogen and oxygen atoms in total. The molecule has 2 N–H and O–H groups in total. The minimum absolute atomic E-state index is 0.237. The molecule has 0 aliphatic carbocycles. The predicted octanol–water partition coefficient (Wildman–Crippen LogP) is 1.81. The van der Waals surface area contributed by atoms with Crippen molar-refractivity contribution in [2.24, 2.45) is 17.6 Å². The van der Waals surface area contributed by atoms with Crippen molar-refractivity contribution in [3.05, 3.63) is 0 Å². The summed E-state index contributed by atoms with van der Waals surface area (Å²) in [6.07, 6.45) is 2.14. The van der Waals surface area contributed by atoms with E-state index in [4.69, 9.17) is 5.73 Å². The zero-order valence-corrected chi connectivity index (χ0v) is 14.7. The highest BCUT2D eigenvalue weighted by molar-refractivity contribution is 8.01. The van der Waals surface area contributed by atoms with Crippen LogP contribution in [0.15, 0.2) is 0 Å². The van der Waals surface area contributed by atoms with Gasteiger partial charge in [0.25, 0.3) is 0 Å². The molecule has 1 aliphatic rings. The van der Waals surface area contributed by atoms with Crippen molar-refractivity contribution in [1.82, 2.24) is 4.90 Å². The molecule has 1 aliphatic heterocycles. The third-order valence-corrected chi connectivity index (χ3v) is 7.30. The Morgan fingerprint density at radius 2 is 2.10 bits per heavy atom. The minimum Gasteiger partial charge on any atom is -0.330 e. The van der Waals surface area contributed by atoms with Crippen molar-refractivity contribution in [1.29, 1.82) is 0 Å². The molecule has 0 amide bonds. The summed E-state index contributed by atoms with van der Waals surface area (Å²) in [4.78, 5) is 2.16. The van der Waals surface area contributed by atoms with Crippen LogP contribution >= 0.6 is 11.8 Å². The number of sulfone groups is 1. The molecule has 0 spiro atoms. The van der Waals surface area contributed by atoms with Gasteiger partial charge in [-0.1, -0.05) is 20.8 Å². The number of nitrogens with zero attached hydrogens (tertiary/aromatic N) is 1. The van der Waals surface area contributed by atoms with Crippen LogP contribution in [-0.2, 0) is 9.84 Å². The quantitative estimate of drug-likeness (QED) is 0.738. The summed E-state index contributed by atoms with van der Waals surface area (Å²) in [5, 5.41) is -0.288. The molecule has 0 aromatic carbocycles. The molecule has 2 atom stereocenters. The molecular weight excluding hydrogens is 292 g/mol. The van der Waals surface area contributed by atoms with Crippen LogP contribution in [0.3, 0.4) is 0 Å². The zero-order chi connectivity index (χ0) is 15.2. The molecule has 1 saturated heterocycles. The highest BCUT2D eigenvalue weighted by Gasteiger charge is 2.32. The van der Waals surface area contributed by atoms with Gasteiger partial charge in [-0.3, -0.25) is 4.90 Å². The number of rotatable bonds is 8. The lowest BCUT2D eigenvalue weighted by atomic mass is 9.94. The lowest BCUT2D eigenvalue weighted by Crippen LogP contribution is -2.48. The average Bonchev–Trinajstić information content (AvgIpc) is 2.43. The lowest BCUT2D eigenvalue weighted by Gasteiger charge is -2.35. The van der Waals surface area contributed by atoms with Gasteiger partial charge in [0.1, 0.15) is 5.37 Å². The second kappa shape index (κ2) is 8.61. The van der Waals surface area contributed by atoms with E-state index in [1.54, 1.807) is 18.7 Å². The van der Waals surface area contributed by atoms with Gasteiger partial charge in [-0.05, 0) is 37.8 Å².